The van der Waals surface area contributed by atoms with Gasteiger partial charge in [-0.3, -0.25) is 0 Å². The Kier molecular flexibility index (Phi) is 7.95. The molecule has 1 aromatic carbocycles. The van der Waals surface area contributed by atoms with E-state index in [4.69, 9.17) is 21.5 Å². The number of aromatic nitrogens is 3. The van der Waals surface area contributed by atoms with Gasteiger partial charge < -0.3 is 15.3 Å². The number of nitrogens with zero attached hydrogens (tertiary/aromatic N) is 4. The number of rotatable bonds is 5. The smallest absolute Gasteiger partial charge is 0.475 e. The predicted molar refractivity (Wildman–Crippen MR) is 131 cm³/mol. The Hall–Kier alpha value is -3.49. The van der Waals surface area contributed by atoms with Crippen molar-refractivity contribution in [3.05, 3.63) is 59.5 Å². The normalized spacial score (nSPS) is 14.4. The van der Waals surface area contributed by atoms with Crippen LogP contribution in [0, 0.1) is 0 Å². The van der Waals surface area contributed by atoms with E-state index in [0.29, 0.717) is 29.0 Å². The van der Waals surface area contributed by atoms with Gasteiger partial charge in [-0.15, -0.1) is 0 Å². The number of nitrogens with one attached hydrogen (secondary N) is 2. The molecule has 1 aliphatic rings. The maximum absolute atomic E-state index is 12.3. The van der Waals surface area contributed by atoms with Crippen LogP contribution in [0.25, 0.3) is 0 Å². The Morgan fingerprint density at radius 2 is 1.78 bits per heavy atom. The van der Waals surface area contributed by atoms with E-state index < -0.39 is 22.2 Å². The number of halogens is 4. The quantitative estimate of drug-likeness (QED) is 0.420. The summed E-state index contributed by atoms with van der Waals surface area (Å²) in [5, 5.41) is 10.8. The van der Waals surface area contributed by atoms with Gasteiger partial charge in [0, 0.05) is 29.9 Å². The maximum Gasteiger partial charge on any atom is 0.490 e. The molecule has 3 N–H and O–H groups in total. The van der Waals surface area contributed by atoms with E-state index in [1.165, 1.54) is 13.4 Å². The largest absolute Gasteiger partial charge is 0.490 e. The molecule has 3 heterocycles. The lowest BCUT2D eigenvalue weighted by molar-refractivity contribution is -0.192. The number of hydrogen-bond donors (Lipinski definition) is 3. The second kappa shape index (κ2) is 10.5. The van der Waals surface area contributed by atoms with Gasteiger partial charge in [-0.1, -0.05) is 31.5 Å². The van der Waals surface area contributed by atoms with E-state index in [2.05, 4.69) is 38.8 Å². The molecule has 1 aliphatic heterocycles. The zero-order valence-electron chi connectivity index (χ0n) is 19.7. The number of carboxylic acids is 1. The second-order valence-corrected chi connectivity index (χ2v) is 10.7. The maximum atomic E-state index is 12.3. The molecular weight excluding hydrogens is 537 g/mol. The molecule has 0 fully saturated rings. The summed E-state index contributed by atoms with van der Waals surface area (Å²) in [4.78, 5) is 24.0. The first-order chi connectivity index (χ1) is 17.1. The van der Waals surface area contributed by atoms with Crippen LogP contribution in [0.2, 0.25) is 5.02 Å². The minimum Gasteiger partial charge on any atom is -0.475 e. The summed E-state index contributed by atoms with van der Waals surface area (Å²) in [5.41, 5.74) is 1.70. The molecule has 10 nitrogen and oxygen atoms in total. The highest BCUT2D eigenvalue weighted by Gasteiger charge is 2.38. The van der Waals surface area contributed by atoms with E-state index >= 15 is 0 Å². The molecule has 4 rings (SSSR count). The highest BCUT2D eigenvalue weighted by Crippen LogP contribution is 2.44. The fourth-order valence-electron chi connectivity index (χ4n) is 3.51. The summed E-state index contributed by atoms with van der Waals surface area (Å²) in [6, 6.07) is 10.5. The first-order valence-corrected chi connectivity index (χ1v) is 12.4. The van der Waals surface area contributed by atoms with Gasteiger partial charge in [0.2, 0.25) is 10.0 Å². The first-order valence-electron chi connectivity index (χ1n) is 10.5. The summed E-state index contributed by atoms with van der Waals surface area (Å²) in [6.45, 7) is 4.90. The third-order valence-electron chi connectivity index (χ3n) is 5.28. The fraction of sp³-hybridized carbons (Fsp3) is 0.273. The average molecular weight is 559 g/mol. The van der Waals surface area contributed by atoms with Crippen molar-refractivity contribution in [3.63, 3.8) is 0 Å². The Morgan fingerprint density at radius 3 is 2.35 bits per heavy atom. The van der Waals surface area contributed by atoms with Crippen LogP contribution in [-0.4, -0.2) is 54.2 Å². The number of carbonyl (C=O) groups is 1. The molecule has 0 amide bonds. The van der Waals surface area contributed by atoms with Crippen molar-refractivity contribution in [2.75, 3.05) is 23.8 Å². The number of hydrogen-bond acceptors (Lipinski definition) is 8. The third kappa shape index (κ3) is 6.64. The van der Waals surface area contributed by atoms with Gasteiger partial charge in [0.15, 0.2) is 0 Å². The van der Waals surface area contributed by atoms with Crippen LogP contribution in [-0.2, 0) is 20.2 Å². The van der Waals surface area contributed by atoms with E-state index in [1.807, 2.05) is 11.0 Å². The van der Waals surface area contributed by atoms with E-state index in [0.717, 1.165) is 11.3 Å². The lowest BCUT2D eigenvalue weighted by Gasteiger charge is -2.22. The van der Waals surface area contributed by atoms with E-state index in [-0.39, 0.29) is 10.3 Å². The molecule has 0 spiro atoms. The van der Waals surface area contributed by atoms with Crippen LogP contribution in [0.5, 0.6) is 0 Å². The Bertz CT molecular complexity index is 1400. The number of aliphatic carboxylic acids is 1. The van der Waals surface area contributed by atoms with Gasteiger partial charge in [0.05, 0.1) is 9.92 Å². The molecule has 198 valence electrons. The molecule has 2 aromatic heterocycles. The standard InChI is InChI=1S/C20H21ClN6O2S.C2HF3O2/c1-20(2)11-27(16-8-14(5-6-15(16)20)30(28,29)22-3)19-9-18(24-12-25-19)26-17-7-4-13(21)10-23-17;3-2(4,5)1(6)7/h4-10,12,22H,11H2,1-3H3,(H,23,24,25,26);(H,6,7). The molecular formula is C22H22ClF3N6O4S. The van der Waals surface area contributed by atoms with Crippen molar-refractivity contribution in [1.82, 2.24) is 19.7 Å². The molecule has 0 unspecified atom stereocenters. The average Bonchev–Trinajstić information content (AvgIpc) is 3.11. The molecule has 0 atom stereocenters. The number of fused-ring (bicyclic) bond motifs is 1. The predicted octanol–water partition coefficient (Wildman–Crippen LogP) is 4.24. The lowest BCUT2D eigenvalue weighted by Crippen LogP contribution is -2.25. The molecule has 15 heteroatoms. The molecule has 3 aromatic rings. The number of anilines is 4. The van der Waals surface area contributed by atoms with Crippen LogP contribution in [0.3, 0.4) is 0 Å². The van der Waals surface area contributed by atoms with Crippen molar-refractivity contribution < 1.29 is 31.5 Å². The Balaban J connectivity index is 0.000000479. The van der Waals surface area contributed by atoms with Crippen molar-refractivity contribution in [2.45, 2.75) is 30.3 Å². The number of pyridine rings is 1. The molecule has 0 bridgehead atoms. The van der Waals surface area contributed by atoms with Gasteiger partial charge >= 0.3 is 12.1 Å². The Labute approximate surface area is 215 Å². The van der Waals surface area contributed by atoms with Crippen molar-refractivity contribution in [3.8, 4) is 0 Å². The summed E-state index contributed by atoms with van der Waals surface area (Å²) >= 11 is 5.89. The highest BCUT2D eigenvalue weighted by molar-refractivity contribution is 7.89. The molecule has 37 heavy (non-hydrogen) atoms. The Morgan fingerprint density at radius 1 is 1.11 bits per heavy atom. The van der Waals surface area contributed by atoms with Crippen molar-refractivity contribution >= 4 is 50.7 Å². The van der Waals surface area contributed by atoms with E-state index in [1.54, 1.807) is 36.5 Å². The monoisotopic (exact) mass is 558 g/mol. The zero-order valence-corrected chi connectivity index (χ0v) is 21.3. The van der Waals surface area contributed by atoms with Gasteiger partial charge in [0.1, 0.15) is 23.8 Å². The summed E-state index contributed by atoms with van der Waals surface area (Å²) in [5.74, 6) is -0.923. The van der Waals surface area contributed by atoms with E-state index in [9.17, 15) is 21.6 Å². The van der Waals surface area contributed by atoms with Crippen LogP contribution >= 0.6 is 11.6 Å². The van der Waals surface area contributed by atoms with Crippen molar-refractivity contribution in [2.24, 2.45) is 0 Å². The summed E-state index contributed by atoms with van der Waals surface area (Å²) in [7, 11) is -2.16. The van der Waals surface area contributed by atoms with Crippen LogP contribution < -0.4 is 14.9 Å². The second-order valence-electron chi connectivity index (χ2n) is 8.41. The molecule has 0 aliphatic carbocycles. The molecule has 0 radical (unpaired) electrons. The minimum absolute atomic E-state index is 0.173. The van der Waals surface area contributed by atoms with Crippen LogP contribution in [0.1, 0.15) is 19.4 Å². The third-order valence-corrected chi connectivity index (χ3v) is 6.91. The first kappa shape index (κ1) is 28.1. The summed E-state index contributed by atoms with van der Waals surface area (Å²) < 4.78 is 58.7. The number of carboxylic acid groups (broad SMARTS) is 1. The zero-order chi connectivity index (χ0) is 27.6. The van der Waals surface area contributed by atoms with Gasteiger partial charge in [-0.05, 0) is 36.9 Å². The van der Waals surface area contributed by atoms with Gasteiger partial charge in [-0.2, -0.15) is 13.2 Å². The number of alkyl halides is 3. The van der Waals surface area contributed by atoms with Gasteiger partial charge in [-0.25, -0.2) is 32.9 Å². The molecule has 0 saturated heterocycles. The lowest BCUT2D eigenvalue weighted by atomic mass is 9.87. The van der Waals surface area contributed by atoms with Gasteiger partial charge in [0.25, 0.3) is 0 Å². The number of benzene rings is 1. The van der Waals surface area contributed by atoms with Crippen LogP contribution in [0.15, 0.2) is 53.8 Å². The van der Waals surface area contributed by atoms with Crippen LogP contribution in [0.4, 0.5) is 36.3 Å². The SMILES string of the molecule is CNS(=O)(=O)c1ccc2c(c1)N(c1cc(Nc3ccc(Cl)cn3)ncn1)CC2(C)C.O=C(O)C(F)(F)F. The van der Waals surface area contributed by atoms with Crippen molar-refractivity contribution in [1.29, 1.82) is 0 Å². The minimum atomic E-state index is -5.08. The number of sulfonamides is 1. The topological polar surface area (TPSA) is 137 Å². The summed E-state index contributed by atoms with van der Waals surface area (Å²) in [6.07, 6.45) is -2.07. The fourth-order valence-corrected chi connectivity index (χ4v) is 4.37. The molecule has 0 saturated carbocycles. The highest BCUT2D eigenvalue weighted by atomic mass is 35.5.